The van der Waals surface area contributed by atoms with Gasteiger partial charge >= 0.3 is 23.2 Å². The van der Waals surface area contributed by atoms with Gasteiger partial charge in [0.15, 0.2) is 0 Å². The molecular formula is MoOS8-4. The number of hydrogen-bond acceptors (Lipinski definition) is 9. The Labute approximate surface area is 107 Å². The Kier molecular flexibility index (Phi) is 55.9. The Morgan fingerprint density at radius 3 is 0.800 bits per heavy atom. The summed E-state index contributed by atoms with van der Waals surface area (Å²) in [6.45, 7) is 0. The van der Waals surface area contributed by atoms with E-state index in [1.807, 2.05) is 0 Å². The van der Waals surface area contributed by atoms with Crippen LogP contribution >= 0.6 is 39.3 Å². The average molecular weight is 368 g/mol. The Morgan fingerprint density at radius 1 is 0.700 bits per heavy atom. The molecule has 0 aliphatic carbocycles. The second-order valence-corrected chi connectivity index (χ2v) is 7.35. The van der Waals surface area contributed by atoms with E-state index < -0.39 is 0 Å². The van der Waals surface area contributed by atoms with Crippen LogP contribution in [0, 0.1) is 0 Å². The molecule has 0 unspecified atom stereocenters. The van der Waals surface area contributed by atoms with Crippen molar-refractivity contribution in [1.82, 2.24) is 0 Å². The molecule has 10 heavy (non-hydrogen) atoms. The van der Waals surface area contributed by atoms with Crippen LogP contribution in [0.5, 0.6) is 0 Å². The largest absolute Gasteiger partial charge is 0.709 e. The molecule has 0 N–H and O–H groups in total. The minimum atomic E-state index is 0.700. The van der Waals surface area contributed by atoms with E-state index >= 15 is 0 Å². The zero-order valence-corrected chi connectivity index (χ0v) is 12.6. The van der Waals surface area contributed by atoms with Crippen LogP contribution in [0.2, 0.25) is 0 Å². The van der Waals surface area contributed by atoms with Crippen molar-refractivity contribution in [3.8, 4) is 0 Å². The van der Waals surface area contributed by atoms with Gasteiger partial charge < -0.3 is 46.6 Å². The third-order valence-electron chi connectivity index (χ3n) is 0.0556. The molecular weight excluding hydrogens is 368 g/mol. The summed E-state index contributed by atoms with van der Waals surface area (Å²) in [5.74, 6) is 0. The Bertz CT molecular complexity index is 24.4. The second-order valence-electron chi connectivity index (χ2n) is 0.272. The Morgan fingerprint density at radius 2 is 0.800 bits per heavy atom. The molecule has 0 aliphatic rings. The first-order valence-electron chi connectivity index (χ1n) is 1.17. The number of hydrogen-bond donors (Lipinski definition) is 0. The van der Waals surface area contributed by atoms with Gasteiger partial charge in [-0.15, -0.1) is 0 Å². The molecule has 64 valence electrons. The van der Waals surface area contributed by atoms with Crippen molar-refractivity contribution in [2.45, 2.75) is 0 Å². The fourth-order valence-corrected chi connectivity index (χ4v) is 0. The van der Waals surface area contributed by atoms with Gasteiger partial charge in [0.1, 0.15) is 0 Å². The first kappa shape index (κ1) is 19.0. The van der Waals surface area contributed by atoms with Crippen LogP contribution in [0.4, 0.5) is 0 Å². The van der Waals surface area contributed by atoms with Crippen LogP contribution in [0.25, 0.3) is 0 Å². The van der Waals surface area contributed by atoms with E-state index in [4.69, 9.17) is 3.40 Å². The van der Waals surface area contributed by atoms with Crippen LogP contribution in [0.3, 0.4) is 0 Å². The summed E-state index contributed by atoms with van der Waals surface area (Å²) >= 11 is 18.0. The topological polar surface area (TPSA) is 17.1 Å². The molecule has 1 nitrogen and oxygen atoms in total. The standard InChI is InChI=1S/Mo.O.2H2S4/c;;2*1-3-4-2/h;;2*1-2H/p-4. The molecule has 0 saturated heterocycles. The SMILES string of the molecule is [O]=[Mo].[S-]SS[S-].[S-]SS[S-]. The molecule has 0 aromatic heterocycles. The van der Waals surface area contributed by atoms with Gasteiger partial charge in [0, 0.05) is 0 Å². The van der Waals surface area contributed by atoms with Crippen molar-refractivity contribution in [2.24, 2.45) is 0 Å². The van der Waals surface area contributed by atoms with E-state index in [2.05, 4.69) is 46.6 Å². The van der Waals surface area contributed by atoms with Crippen LogP contribution < -0.4 is 0 Å². The summed E-state index contributed by atoms with van der Waals surface area (Å²) in [6, 6.07) is 0. The van der Waals surface area contributed by atoms with Crippen molar-refractivity contribution >= 4 is 85.9 Å². The maximum absolute atomic E-state index is 8.26. The summed E-state index contributed by atoms with van der Waals surface area (Å²) in [5.41, 5.74) is 0. The molecule has 0 aromatic carbocycles. The molecule has 0 atom stereocenters. The molecule has 0 bridgehead atoms. The monoisotopic (exact) mass is 370 g/mol. The van der Waals surface area contributed by atoms with Crippen LogP contribution in [0.15, 0.2) is 0 Å². The molecule has 10 heteroatoms. The van der Waals surface area contributed by atoms with Gasteiger partial charge in [-0.05, 0) is 0 Å². The van der Waals surface area contributed by atoms with Gasteiger partial charge in [-0.2, -0.15) is 0 Å². The van der Waals surface area contributed by atoms with E-state index in [0.717, 1.165) is 0 Å². The molecule has 0 rings (SSSR count). The molecule has 0 heterocycles. The van der Waals surface area contributed by atoms with Gasteiger partial charge in [-0.25, -0.2) is 0 Å². The van der Waals surface area contributed by atoms with Gasteiger partial charge in [0.05, 0.1) is 0 Å². The summed E-state index contributed by atoms with van der Waals surface area (Å²) in [7, 11) is 4.69. The maximum atomic E-state index is 8.26. The van der Waals surface area contributed by atoms with Crippen molar-refractivity contribution in [2.75, 3.05) is 0 Å². The van der Waals surface area contributed by atoms with Crippen molar-refractivity contribution in [1.29, 1.82) is 0 Å². The third kappa shape index (κ3) is 42.7. The van der Waals surface area contributed by atoms with E-state index in [1.54, 1.807) is 0 Å². The fourth-order valence-electron chi connectivity index (χ4n) is 0. The fraction of sp³-hybridized carbons (Fsp3) is 0. The quantitative estimate of drug-likeness (QED) is 0.412. The van der Waals surface area contributed by atoms with Gasteiger partial charge in [0.2, 0.25) is 0 Å². The molecule has 0 aromatic rings. The molecule has 0 radical (unpaired) electrons. The summed E-state index contributed by atoms with van der Waals surface area (Å²) in [5, 5.41) is 0. The Hall–Kier alpha value is 3.29. The molecule has 0 aliphatic heterocycles. The predicted octanol–water partition coefficient (Wildman–Crippen LogP) is 2.46. The first-order chi connectivity index (χ1) is 4.83. The molecule has 0 fully saturated rings. The van der Waals surface area contributed by atoms with E-state index in [9.17, 15) is 0 Å². The Balaban J connectivity index is -0.0000000787. The minimum absolute atomic E-state index is 0.700. The van der Waals surface area contributed by atoms with Gasteiger partial charge in [-0.1, -0.05) is 0 Å². The zero-order chi connectivity index (χ0) is 8.83. The van der Waals surface area contributed by atoms with E-state index in [1.165, 1.54) is 39.3 Å². The van der Waals surface area contributed by atoms with E-state index in [-0.39, 0.29) is 0 Å². The van der Waals surface area contributed by atoms with Crippen LogP contribution in [-0.4, -0.2) is 0 Å². The maximum Gasteiger partial charge on any atom is -0.291 e. The third-order valence-corrected chi connectivity index (χ3v) is 4.50. The normalized spacial score (nSPS) is 6.40. The molecule has 0 spiro atoms. The van der Waals surface area contributed by atoms with Gasteiger partial charge in [0.25, 0.3) is 0 Å². The zero-order valence-electron chi connectivity index (χ0n) is 4.08. The first-order valence-corrected chi connectivity index (χ1v) is 9.99. The molecule has 0 saturated carbocycles. The van der Waals surface area contributed by atoms with Crippen molar-refractivity contribution in [3.63, 3.8) is 0 Å². The average Bonchev–Trinajstić information content (AvgIpc) is 2.08. The molecule has 0 amide bonds. The second kappa shape index (κ2) is 29.5. The number of rotatable bonds is 2. The van der Waals surface area contributed by atoms with Crippen LogP contribution in [-0.2, 0) is 69.8 Å². The smallest absolute Gasteiger partial charge is 0.291 e. The minimum Gasteiger partial charge on any atom is -0.709 e. The van der Waals surface area contributed by atoms with Crippen LogP contribution in [0.1, 0.15) is 0 Å². The summed E-state index contributed by atoms with van der Waals surface area (Å²) in [6.07, 6.45) is 0. The summed E-state index contributed by atoms with van der Waals surface area (Å²) < 4.78 is 8.26. The van der Waals surface area contributed by atoms with Crippen molar-refractivity contribution in [3.05, 3.63) is 0 Å². The summed E-state index contributed by atoms with van der Waals surface area (Å²) in [4.78, 5) is 0. The van der Waals surface area contributed by atoms with Gasteiger partial charge in [-0.3, -0.25) is 39.3 Å². The van der Waals surface area contributed by atoms with Crippen molar-refractivity contribution < 1.29 is 23.2 Å². The predicted molar refractivity (Wildman–Crippen MR) is 60.5 cm³/mol. The van der Waals surface area contributed by atoms with E-state index in [0.29, 0.717) is 19.8 Å².